The molecule has 0 spiro atoms. The first-order valence-electron chi connectivity index (χ1n) is 9.72. The Morgan fingerprint density at radius 1 is 1.10 bits per heavy atom. The summed E-state index contributed by atoms with van der Waals surface area (Å²) in [5.74, 6) is 1.50. The molecule has 1 atom stereocenters. The zero-order chi connectivity index (χ0) is 20.6. The number of carbonyl (C=O) groups is 1. The maximum atomic E-state index is 12.7. The number of amides is 1. The van der Waals surface area contributed by atoms with E-state index in [1.807, 2.05) is 73.0 Å². The third-order valence-electron chi connectivity index (χ3n) is 4.60. The van der Waals surface area contributed by atoms with Gasteiger partial charge in [0.25, 0.3) is 0 Å². The van der Waals surface area contributed by atoms with Crippen molar-refractivity contribution < 1.29 is 9.53 Å². The number of ether oxygens (including phenoxy) is 1. The summed E-state index contributed by atoms with van der Waals surface area (Å²) in [6.45, 7) is 5.27. The van der Waals surface area contributed by atoms with Crippen molar-refractivity contribution in [2.75, 3.05) is 7.11 Å². The molecular weight excluding hydrogens is 384 g/mol. The Morgan fingerprint density at radius 2 is 1.83 bits per heavy atom. The normalized spacial score (nSPS) is 11.8. The molecule has 7 heteroatoms. The SMILES string of the molecule is CCC(Sc1nnc(-c2ccccc2OC)n1CC)C(=O)NCc1ccccc1. The highest BCUT2D eigenvalue weighted by atomic mass is 32.2. The summed E-state index contributed by atoms with van der Waals surface area (Å²) in [6.07, 6.45) is 0.700. The maximum Gasteiger partial charge on any atom is 0.233 e. The monoisotopic (exact) mass is 410 g/mol. The fraction of sp³-hybridized carbons (Fsp3) is 0.318. The van der Waals surface area contributed by atoms with Crippen LogP contribution in [-0.2, 0) is 17.9 Å². The molecule has 0 radical (unpaired) electrons. The number of benzene rings is 2. The highest BCUT2D eigenvalue weighted by Crippen LogP contribution is 2.32. The van der Waals surface area contributed by atoms with Crippen molar-refractivity contribution in [1.29, 1.82) is 0 Å². The lowest BCUT2D eigenvalue weighted by atomic mass is 10.2. The van der Waals surface area contributed by atoms with Gasteiger partial charge < -0.3 is 14.6 Å². The van der Waals surface area contributed by atoms with Crippen molar-refractivity contribution >= 4 is 17.7 Å². The lowest BCUT2D eigenvalue weighted by Crippen LogP contribution is -2.32. The number of hydrogen-bond acceptors (Lipinski definition) is 5. The van der Waals surface area contributed by atoms with E-state index in [1.165, 1.54) is 11.8 Å². The number of rotatable bonds is 9. The summed E-state index contributed by atoms with van der Waals surface area (Å²) in [5, 5.41) is 12.3. The second-order valence-electron chi connectivity index (χ2n) is 6.47. The molecule has 0 aliphatic heterocycles. The van der Waals surface area contributed by atoms with Crippen LogP contribution in [-0.4, -0.2) is 33.0 Å². The van der Waals surface area contributed by atoms with Gasteiger partial charge in [-0.1, -0.05) is 61.2 Å². The minimum absolute atomic E-state index is 0.00541. The molecule has 29 heavy (non-hydrogen) atoms. The van der Waals surface area contributed by atoms with Gasteiger partial charge in [0.05, 0.1) is 17.9 Å². The zero-order valence-electron chi connectivity index (χ0n) is 17.0. The molecule has 0 fully saturated rings. The number of nitrogens with one attached hydrogen (secondary N) is 1. The first kappa shape index (κ1) is 20.9. The van der Waals surface area contributed by atoms with Crippen molar-refractivity contribution in [3.05, 3.63) is 60.2 Å². The van der Waals surface area contributed by atoms with Gasteiger partial charge in [-0.2, -0.15) is 0 Å². The molecule has 6 nitrogen and oxygen atoms in total. The number of methoxy groups -OCH3 is 1. The lowest BCUT2D eigenvalue weighted by molar-refractivity contribution is -0.120. The van der Waals surface area contributed by atoms with Crippen LogP contribution in [0.3, 0.4) is 0 Å². The average Bonchev–Trinajstić information content (AvgIpc) is 3.18. The molecule has 0 saturated heterocycles. The lowest BCUT2D eigenvalue weighted by Gasteiger charge is -2.15. The van der Waals surface area contributed by atoms with Gasteiger partial charge in [0.2, 0.25) is 5.91 Å². The Labute approximate surface area is 175 Å². The van der Waals surface area contributed by atoms with Gasteiger partial charge in [0.15, 0.2) is 11.0 Å². The van der Waals surface area contributed by atoms with E-state index in [4.69, 9.17) is 4.74 Å². The van der Waals surface area contributed by atoms with Crippen LogP contribution in [0.4, 0.5) is 0 Å². The van der Waals surface area contributed by atoms with Gasteiger partial charge in [-0.05, 0) is 31.0 Å². The highest BCUT2D eigenvalue weighted by Gasteiger charge is 2.23. The van der Waals surface area contributed by atoms with Crippen molar-refractivity contribution in [2.45, 2.75) is 43.8 Å². The molecule has 1 N–H and O–H groups in total. The Bertz CT molecular complexity index is 943. The molecule has 1 aromatic heterocycles. The molecule has 0 bridgehead atoms. The fourth-order valence-electron chi connectivity index (χ4n) is 3.04. The van der Waals surface area contributed by atoms with E-state index in [2.05, 4.69) is 15.5 Å². The summed E-state index contributed by atoms with van der Waals surface area (Å²) in [7, 11) is 1.64. The summed E-state index contributed by atoms with van der Waals surface area (Å²) < 4.78 is 7.49. The number of hydrogen-bond donors (Lipinski definition) is 1. The fourth-order valence-corrected chi connectivity index (χ4v) is 4.08. The number of carbonyl (C=O) groups excluding carboxylic acids is 1. The standard InChI is InChI=1S/C22H26N4O2S/c1-4-19(21(27)23-15-16-11-7-6-8-12-16)29-22-25-24-20(26(22)5-2)17-13-9-10-14-18(17)28-3/h6-14,19H,4-5,15H2,1-3H3,(H,23,27). The average molecular weight is 411 g/mol. The summed E-state index contributed by atoms with van der Waals surface area (Å²) in [5.41, 5.74) is 1.97. The van der Waals surface area contributed by atoms with Crippen LogP contribution in [0.25, 0.3) is 11.4 Å². The minimum Gasteiger partial charge on any atom is -0.496 e. The quantitative estimate of drug-likeness (QED) is 0.537. The first-order valence-corrected chi connectivity index (χ1v) is 10.6. The predicted octanol–water partition coefficient (Wildman–Crippen LogP) is 4.16. The highest BCUT2D eigenvalue weighted by molar-refractivity contribution is 8.00. The van der Waals surface area contributed by atoms with Crippen LogP contribution in [0.15, 0.2) is 59.8 Å². The van der Waals surface area contributed by atoms with Crippen LogP contribution >= 0.6 is 11.8 Å². The molecular formula is C22H26N4O2S. The third kappa shape index (κ3) is 4.98. The molecule has 1 heterocycles. The smallest absolute Gasteiger partial charge is 0.233 e. The predicted molar refractivity (Wildman–Crippen MR) is 116 cm³/mol. The van der Waals surface area contributed by atoms with Crippen molar-refractivity contribution in [3.63, 3.8) is 0 Å². The first-order chi connectivity index (χ1) is 14.2. The van der Waals surface area contributed by atoms with Crippen molar-refractivity contribution in [2.24, 2.45) is 0 Å². The second-order valence-corrected chi connectivity index (χ2v) is 7.64. The number of para-hydroxylation sites is 1. The number of nitrogens with zero attached hydrogens (tertiary/aromatic N) is 3. The summed E-state index contributed by atoms with van der Waals surface area (Å²) in [6, 6.07) is 17.7. The Kier molecular flexibility index (Phi) is 7.30. The molecule has 0 aliphatic rings. The van der Waals surface area contributed by atoms with Crippen molar-refractivity contribution in [3.8, 4) is 17.1 Å². The van der Waals surface area contributed by atoms with Crippen molar-refractivity contribution in [1.82, 2.24) is 20.1 Å². The molecule has 152 valence electrons. The molecule has 0 aliphatic carbocycles. The van der Waals surface area contributed by atoms with Crippen LogP contribution in [0, 0.1) is 0 Å². The van der Waals surface area contributed by atoms with Gasteiger partial charge in [-0.15, -0.1) is 10.2 Å². The Morgan fingerprint density at radius 3 is 2.52 bits per heavy atom. The number of aromatic nitrogens is 3. The van der Waals surface area contributed by atoms with E-state index in [1.54, 1.807) is 7.11 Å². The van der Waals surface area contributed by atoms with E-state index >= 15 is 0 Å². The molecule has 1 unspecified atom stereocenters. The third-order valence-corrected chi connectivity index (χ3v) is 5.95. The Balaban J connectivity index is 1.76. The van der Waals surface area contributed by atoms with E-state index in [-0.39, 0.29) is 11.2 Å². The summed E-state index contributed by atoms with van der Waals surface area (Å²) >= 11 is 1.45. The minimum atomic E-state index is -0.237. The van der Waals surface area contributed by atoms with Gasteiger partial charge in [0, 0.05) is 13.1 Å². The number of thioether (sulfide) groups is 1. The van der Waals surface area contributed by atoms with Gasteiger partial charge in [0.1, 0.15) is 5.75 Å². The van der Waals surface area contributed by atoms with E-state index < -0.39 is 0 Å². The Hall–Kier alpha value is -2.80. The topological polar surface area (TPSA) is 69.0 Å². The second kappa shape index (κ2) is 10.1. The van der Waals surface area contributed by atoms with Crippen LogP contribution in [0.1, 0.15) is 25.8 Å². The van der Waals surface area contributed by atoms with Gasteiger partial charge in [-0.3, -0.25) is 4.79 Å². The van der Waals surface area contributed by atoms with Crippen LogP contribution < -0.4 is 10.1 Å². The van der Waals surface area contributed by atoms with E-state index in [9.17, 15) is 4.79 Å². The van der Waals surface area contributed by atoms with Gasteiger partial charge in [-0.25, -0.2) is 0 Å². The van der Waals surface area contributed by atoms with E-state index in [0.717, 1.165) is 27.9 Å². The maximum absolute atomic E-state index is 12.7. The van der Waals surface area contributed by atoms with Crippen LogP contribution in [0.5, 0.6) is 5.75 Å². The molecule has 2 aromatic carbocycles. The molecule has 0 saturated carbocycles. The molecule has 3 aromatic rings. The molecule has 1 amide bonds. The van der Waals surface area contributed by atoms with E-state index in [0.29, 0.717) is 19.5 Å². The van der Waals surface area contributed by atoms with Gasteiger partial charge >= 0.3 is 0 Å². The zero-order valence-corrected chi connectivity index (χ0v) is 17.8. The largest absolute Gasteiger partial charge is 0.496 e. The summed E-state index contributed by atoms with van der Waals surface area (Å²) in [4.78, 5) is 12.7. The van der Waals surface area contributed by atoms with Crippen LogP contribution in [0.2, 0.25) is 0 Å². The molecule has 3 rings (SSSR count).